The molecule has 7 heteroatoms. The van der Waals surface area contributed by atoms with Crippen molar-refractivity contribution in [1.29, 1.82) is 0 Å². The topological polar surface area (TPSA) is 51.2 Å². The number of ether oxygens (including phenoxy) is 1. The second-order valence-electron chi connectivity index (χ2n) is 4.72. The van der Waals surface area contributed by atoms with E-state index in [4.69, 9.17) is 0 Å². The van der Waals surface area contributed by atoms with Gasteiger partial charge in [0.05, 0.1) is 17.9 Å². The summed E-state index contributed by atoms with van der Waals surface area (Å²) < 4.78 is 40.7. The SMILES string of the molecule is CCC(=O)NCc1cccc(-c2cccc(OC(F)(F)F)c2)n1. The molecule has 23 heavy (non-hydrogen) atoms. The quantitative estimate of drug-likeness (QED) is 0.913. The highest BCUT2D eigenvalue weighted by Gasteiger charge is 2.31. The van der Waals surface area contributed by atoms with E-state index in [1.165, 1.54) is 18.2 Å². The number of alkyl halides is 3. The van der Waals surface area contributed by atoms with Crippen LogP contribution in [-0.4, -0.2) is 17.3 Å². The van der Waals surface area contributed by atoms with Gasteiger partial charge in [-0.3, -0.25) is 9.78 Å². The third-order valence-corrected chi connectivity index (χ3v) is 2.96. The summed E-state index contributed by atoms with van der Waals surface area (Å²) in [6, 6.07) is 10.7. The van der Waals surface area contributed by atoms with Crippen molar-refractivity contribution in [2.75, 3.05) is 0 Å². The van der Waals surface area contributed by atoms with Crippen molar-refractivity contribution in [1.82, 2.24) is 10.3 Å². The van der Waals surface area contributed by atoms with Crippen molar-refractivity contribution in [3.8, 4) is 17.0 Å². The second-order valence-corrected chi connectivity index (χ2v) is 4.72. The van der Waals surface area contributed by atoms with Gasteiger partial charge in [-0.2, -0.15) is 0 Å². The summed E-state index contributed by atoms with van der Waals surface area (Å²) in [5.74, 6) is -0.403. The van der Waals surface area contributed by atoms with E-state index < -0.39 is 6.36 Å². The highest BCUT2D eigenvalue weighted by atomic mass is 19.4. The van der Waals surface area contributed by atoms with Crippen LogP contribution in [0, 0.1) is 0 Å². The highest BCUT2D eigenvalue weighted by Crippen LogP contribution is 2.27. The summed E-state index contributed by atoms with van der Waals surface area (Å²) in [5.41, 5.74) is 1.61. The van der Waals surface area contributed by atoms with Gasteiger partial charge in [0.25, 0.3) is 0 Å². The van der Waals surface area contributed by atoms with Crippen molar-refractivity contribution in [2.45, 2.75) is 26.3 Å². The Bertz CT molecular complexity index is 687. The first kappa shape index (κ1) is 16.8. The van der Waals surface area contributed by atoms with Gasteiger partial charge in [-0.25, -0.2) is 0 Å². The molecular formula is C16H15F3N2O2. The van der Waals surface area contributed by atoms with E-state index in [2.05, 4.69) is 15.0 Å². The van der Waals surface area contributed by atoms with Gasteiger partial charge in [0.15, 0.2) is 0 Å². The Balaban J connectivity index is 2.18. The van der Waals surface area contributed by atoms with Gasteiger partial charge in [0.1, 0.15) is 5.75 Å². The number of hydrogen-bond donors (Lipinski definition) is 1. The molecular weight excluding hydrogens is 309 g/mol. The average molecular weight is 324 g/mol. The number of hydrogen-bond acceptors (Lipinski definition) is 3. The fraction of sp³-hybridized carbons (Fsp3) is 0.250. The minimum Gasteiger partial charge on any atom is -0.406 e. The molecule has 0 aliphatic rings. The third kappa shape index (κ3) is 5.28. The third-order valence-electron chi connectivity index (χ3n) is 2.96. The largest absolute Gasteiger partial charge is 0.573 e. The van der Waals surface area contributed by atoms with Crippen LogP contribution in [0.3, 0.4) is 0 Å². The van der Waals surface area contributed by atoms with Gasteiger partial charge in [0.2, 0.25) is 5.91 Å². The lowest BCUT2D eigenvalue weighted by Gasteiger charge is -2.10. The first-order valence-corrected chi connectivity index (χ1v) is 6.96. The normalized spacial score (nSPS) is 11.1. The number of rotatable bonds is 5. The van der Waals surface area contributed by atoms with E-state index >= 15 is 0 Å². The average Bonchev–Trinajstić information content (AvgIpc) is 2.51. The highest BCUT2D eigenvalue weighted by molar-refractivity contribution is 5.75. The monoisotopic (exact) mass is 324 g/mol. The van der Waals surface area contributed by atoms with E-state index in [1.807, 2.05) is 0 Å². The van der Waals surface area contributed by atoms with Crippen LogP contribution < -0.4 is 10.1 Å². The predicted molar refractivity (Wildman–Crippen MR) is 78.5 cm³/mol. The standard InChI is InChI=1S/C16H15F3N2O2/c1-2-15(22)20-10-12-6-4-8-14(21-12)11-5-3-7-13(9-11)23-16(17,18)19/h3-9H,2,10H2,1H3,(H,20,22). The molecule has 1 heterocycles. The van der Waals surface area contributed by atoms with Crippen LogP contribution >= 0.6 is 0 Å². The fourth-order valence-corrected chi connectivity index (χ4v) is 1.91. The molecule has 0 radical (unpaired) electrons. The molecule has 1 aromatic heterocycles. The lowest BCUT2D eigenvalue weighted by atomic mass is 10.1. The van der Waals surface area contributed by atoms with Crippen LogP contribution in [0.15, 0.2) is 42.5 Å². The maximum absolute atomic E-state index is 12.3. The Kier molecular flexibility index (Phi) is 5.20. The van der Waals surface area contributed by atoms with Crippen LogP contribution in [0.1, 0.15) is 19.0 Å². The van der Waals surface area contributed by atoms with E-state index in [0.29, 0.717) is 23.4 Å². The molecule has 0 fully saturated rings. The minimum absolute atomic E-state index is 0.0993. The van der Waals surface area contributed by atoms with E-state index in [-0.39, 0.29) is 18.2 Å². The molecule has 0 bridgehead atoms. The molecule has 2 aromatic rings. The van der Waals surface area contributed by atoms with Crippen LogP contribution in [0.4, 0.5) is 13.2 Å². The maximum atomic E-state index is 12.3. The first-order valence-electron chi connectivity index (χ1n) is 6.96. The molecule has 1 N–H and O–H groups in total. The Hall–Kier alpha value is -2.57. The molecule has 122 valence electrons. The lowest BCUT2D eigenvalue weighted by molar-refractivity contribution is -0.274. The van der Waals surface area contributed by atoms with Crippen molar-refractivity contribution in [3.05, 3.63) is 48.2 Å². The molecule has 0 saturated heterocycles. The summed E-state index contributed by atoms with van der Waals surface area (Å²) in [4.78, 5) is 15.6. The molecule has 0 aliphatic carbocycles. The number of amides is 1. The van der Waals surface area contributed by atoms with Gasteiger partial charge in [-0.15, -0.1) is 13.2 Å². The lowest BCUT2D eigenvalue weighted by Crippen LogP contribution is -2.22. The molecule has 1 amide bonds. The van der Waals surface area contributed by atoms with Crippen LogP contribution in [0.5, 0.6) is 5.75 Å². The zero-order valence-corrected chi connectivity index (χ0v) is 12.4. The molecule has 0 atom stereocenters. The summed E-state index contributed by atoms with van der Waals surface area (Å²) in [5, 5.41) is 2.69. The molecule has 1 aromatic carbocycles. The smallest absolute Gasteiger partial charge is 0.406 e. The number of carbonyl (C=O) groups excluding carboxylic acids is 1. The molecule has 0 spiro atoms. The Morgan fingerprint density at radius 2 is 1.96 bits per heavy atom. The predicted octanol–water partition coefficient (Wildman–Crippen LogP) is 3.67. The number of nitrogens with zero attached hydrogens (tertiary/aromatic N) is 1. The summed E-state index contributed by atoms with van der Waals surface area (Å²) >= 11 is 0. The van der Waals surface area contributed by atoms with Crippen molar-refractivity contribution in [3.63, 3.8) is 0 Å². The summed E-state index contributed by atoms with van der Waals surface area (Å²) in [6.07, 6.45) is -4.37. The van der Waals surface area contributed by atoms with Crippen molar-refractivity contribution >= 4 is 5.91 Å². The number of benzene rings is 1. The number of pyridine rings is 1. The molecule has 0 aliphatic heterocycles. The van der Waals surface area contributed by atoms with E-state index in [1.54, 1.807) is 31.2 Å². The number of nitrogens with one attached hydrogen (secondary N) is 1. The summed E-state index contributed by atoms with van der Waals surface area (Å²) in [6.45, 7) is 2.00. The van der Waals surface area contributed by atoms with E-state index in [9.17, 15) is 18.0 Å². The van der Waals surface area contributed by atoms with Gasteiger partial charge in [0, 0.05) is 12.0 Å². The van der Waals surface area contributed by atoms with Crippen LogP contribution in [-0.2, 0) is 11.3 Å². The zero-order chi connectivity index (χ0) is 16.9. The molecule has 4 nitrogen and oxygen atoms in total. The Labute approximate surface area is 131 Å². The first-order chi connectivity index (χ1) is 10.9. The second kappa shape index (κ2) is 7.13. The van der Waals surface area contributed by atoms with Crippen LogP contribution in [0.25, 0.3) is 11.3 Å². The molecule has 2 rings (SSSR count). The van der Waals surface area contributed by atoms with Gasteiger partial charge >= 0.3 is 6.36 Å². The van der Waals surface area contributed by atoms with Gasteiger partial charge in [-0.1, -0.05) is 25.1 Å². The van der Waals surface area contributed by atoms with Gasteiger partial charge in [-0.05, 0) is 24.3 Å². The maximum Gasteiger partial charge on any atom is 0.573 e. The van der Waals surface area contributed by atoms with Gasteiger partial charge < -0.3 is 10.1 Å². The zero-order valence-electron chi connectivity index (χ0n) is 12.4. The van der Waals surface area contributed by atoms with Crippen LogP contribution in [0.2, 0.25) is 0 Å². The van der Waals surface area contributed by atoms with E-state index in [0.717, 1.165) is 0 Å². The number of carbonyl (C=O) groups is 1. The molecule has 0 saturated carbocycles. The van der Waals surface area contributed by atoms with Crippen molar-refractivity contribution in [2.24, 2.45) is 0 Å². The number of halogens is 3. The summed E-state index contributed by atoms with van der Waals surface area (Å²) in [7, 11) is 0. The van der Waals surface area contributed by atoms with Crippen molar-refractivity contribution < 1.29 is 22.7 Å². The Morgan fingerprint density at radius 3 is 2.65 bits per heavy atom. The Morgan fingerprint density at radius 1 is 1.22 bits per heavy atom. The molecule has 0 unspecified atom stereocenters. The minimum atomic E-state index is -4.74. The number of aromatic nitrogens is 1. The fourth-order valence-electron chi connectivity index (χ4n) is 1.91.